The summed E-state index contributed by atoms with van der Waals surface area (Å²) in [7, 11) is 0. The van der Waals surface area contributed by atoms with Gasteiger partial charge in [0.1, 0.15) is 0 Å². The third-order valence-corrected chi connectivity index (χ3v) is 3.08. The number of benzene rings is 1. The van der Waals surface area contributed by atoms with E-state index in [1.54, 1.807) is 0 Å². The molecule has 0 fully saturated rings. The maximum atomic E-state index is 11.6. The molecule has 4 nitrogen and oxygen atoms in total. The number of rotatable bonds is 3. The van der Waals surface area contributed by atoms with Gasteiger partial charge >= 0.3 is 0 Å². The SMILES string of the molecule is Cc1cccc(C)c1NC(=O)C(Br)C(N)=O. The summed E-state index contributed by atoms with van der Waals surface area (Å²) in [6.45, 7) is 3.77. The molecule has 0 aromatic heterocycles. The van der Waals surface area contributed by atoms with Crippen LogP contribution in [-0.2, 0) is 9.59 Å². The van der Waals surface area contributed by atoms with Crippen molar-refractivity contribution in [2.45, 2.75) is 18.7 Å². The van der Waals surface area contributed by atoms with Gasteiger partial charge in [-0.25, -0.2) is 0 Å². The molecule has 0 saturated carbocycles. The molecular weight excluding hydrogens is 272 g/mol. The summed E-state index contributed by atoms with van der Waals surface area (Å²) >= 11 is 2.93. The summed E-state index contributed by atoms with van der Waals surface area (Å²) in [6.07, 6.45) is 0. The number of nitrogens with one attached hydrogen (secondary N) is 1. The third kappa shape index (κ3) is 2.82. The molecule has 16 heavy (non-hydrogen) atoms. The zero-order valence-electron chi connectivity index (χ0n) is 9.08. The maximum absolute atomic E-state index is 11.6. The molecule has 1 rings (SSSR count). The zero-order valence-corrected chi connectivity index (χ0v) is 10.7. The Bertz CT molecular complexity index is 412. The zero-order chi connectivity index (χ0) is 12.3. The van der Waals surface area contributed by atoms with Crippen LogP contribution in [0, 0.1) is 13.8 Å². The Morgan fingerprint density at radius 3 is 2.25 bits per heavy atom. The first-order valence-electron chi connectivity index (χ1n) is 4.74. The van der Waals surface area contributed by atoms with Crippen LogP contribution in [0.25, 0.3) is 0 Å². The van der Waals surface area contributed by atoms with Crippen molar-refractivity contribution in [3.63, 3.8) is 0 Å². The molecule has 0 radical (unpaired) electrons. The van der Waals surface area contributed by atoms with Crippen molar-refractivity contribution < 1.29 is 9.59 Å². The summed E-state index contributed by atoms with van der Waals surface area (Å²) in [5.74, 6) is -1.16. The fraction of sp³-hybridized carbons (Fsp3) is 0.273. The van der Waals surface area contributed by atoms with Gasteiger partial charge in [0.2, 0.25) is 11.8 Å². The molecule has 0 aliphatic rings. The van der Waals surface area contributed by atoms with E-state index in [2.05, 4.69) is 21.2 Å². The van der Waals surface area contributed by atoms with Gasteiger partial charge in [0.05, 0.1) is 0 Å². The van der Waals surface area contributed by atoms with Crippen LogP contribution in [0.2, 0.25) is 0 Å². The van der Waals surface area contributed by atoms with Crippen LogP contribution in [0.15, 0.2) is 18.2 Å². The molecule has 1 aromatic rings. The highest BCUT2D eigenvalue weighted by molar-refractivity contribution is 9.10. The molecule has 5 heteroatoms. The lowest BCUT2D eigenvalue weighted by Crippen LogP contribution is -2.35. The van der Waals surface area contributed by atoms with Gasteiger partial charge in [-0.05, 0) is 25.0 Å². The number of primary amides is 1. The number of amides is 2. The summed E-state index contributed by atoms with van der Waals surface area (Å²) in [5.41, 5.74) is 7.62. The fourth-order valence-electron chi connectivity index (χ4n) is 1.33. The topological polar surface area (TPSA) is 72.2 Å². The van der Waals surface area contributed by atoms with Crippen LogP contribution in [-0.4, -0.2) is 16.6 Å². The number of carbonyl (C=O) groups is 2. The number of para-hydroxylation sites is 1. The molecule has 0 spiro atoms. The van der Waals surface area contributed by atoms with Crippen molar-refractivity contribution in [2.75, 3.05) is 5.32 Å². The maximum Gasteiger partial charge on any atom is 0.247 e. The standard InChI is InChI=1S/C11H13BrN2O2/c1-6-4-3-5-7(2)9(6)14-11(16)8(12)10(13)15/h3-5,8H,1-2H3,(H2,13,15)(H,14,16). The summed E-state index contributed by atoms with van der Waals surface area (Å²) in [5, 5.41) is 2.67. The molecule has 2 amide bonds. The van der Waals surface area contributed by atoms with Crippen LogP contribution in [0.1, 0.15) is 11.1 Å². The lowest BCUT2D eigenvalue weighted by molar-refractivity contribution is -0.123. The molecule has 0 aliphatic heterocycles. The lowest BCUT2D eigenvalue weighted by Gasteiger charge is -2.12. The predicted octanol–water partition coefficient (Wildman–Crippen LogP) is 1.49. The van der Waals surface area contributed by atoms with Crippen molar-refractivity contribution in [1.29, 1.82) is 0 Å². The molecule has 0 bridgehead atoms. The van der Waals surface area contributed by atoms with E-state index in [1.807, 2.05) is 32.0 Å². The molecule has 1 aromatic carbocycles. The molecule has 0 heterocycles. The van der Waals surface area contributed by atoms with Gasteiger partial charge in [0, 0.05) is 5.69 Å². The number of alkyl halides is 1. The molecule has 0 saturated heterocycles. The number of anilines is 1. The number of hydrogen-bond acceptors (Lipinski definition) is 2. The average Bonchev–Trinajstić information content (AvgIpc) is 2.22. The van der Waals surface area contributed by atoms with Crippen LogP contribution in [0.4, 0.5) is 5.69 Å². The molecule has 86 valence electrons. The van der Waals surface area contributed by atoms with E-state index >= 15 is 0 Å². The second kappa shape index (κ2) is 5.12. The molecule has 1 atom stereocenters. The Morgan fingerprint density at radius 1 is 1.31 bits per heavy atom. The van der Waals surface area contributed by atoms with Crippen LogP contribution >= 0.6 is 15.9 Å². The Morgan fingerprint density at radius 2 is 1.81 bits per heavy atom. The monoisotopic (exact) mass is 284 g/mol. The van der Waals surface area contributed by atoms with Crippen molar-refractivity contribution in [3.05, 3.63) is 29.3 Å². The molecule has 3 N–H and O–H groups in total. The fourth-order valence-corrected chi connectivity index (χ4v) is 1.44. The van der Waals surface area contributed by atoms with Gasteiger partial charge in [-0.15, -0.1) is 0 Å². The van der Waals surface area contributed by atoms with Crippen molar-refractivity contribution in [3.8, 4) is 0 Å². The minimum absolute atomic E-state index is 0.454. The van der Waals surface area contributed by atoms with Gasteiger partial charge in [-0.1, -0.05) is 34.1 Å². The highest BCUT2D eigenvalue weighted by Crippen LogP contribution is 2.20. The van der Waals surface area contributed by atoms with E-state index in [-0.39, 0.29) is 0 Å². The number of hydrogen-bond donors (Lipinski definition) is 2. The molecular formula is C11H13BrN2O2. The number of aryl methyl sites for hydroxylation is 2. The van der Waals surface area contributed by atoms with Crippen LogP contribution in [0.5, 0.6) is 0 Å². The first-order valence-corrected chi connectivity index (χ1v) is 5.65. The normalized spacial score (nSPS) is 11.9. The Labute approximate surface area is 102 Å². The molecule has 0 aliphatic carbocycles. The van der Waals surface area contributed by atoms with Crippen molar-refractivity contribution in [2.24, 2.45) is 5.73 Å². The average molecular weight is 285 g/mol. The van der Waals surface area contributed by atoms with Gasteiger partial charge in [-0.2, -0.15) is 0 Å². The van der Waals surface area contributed by atoms with Crippen LogP contribution < -0.4 is 11.1 Å². The predicted molar refractivity (Wildman–Crippen MR) is 66.5 cm³/mol. The Kier molecular flexibility index (Phi) is 4.06. The van der Waals surface area contributed by atoms with Gasteiger partial charge in [0.15, 0.2) is 4.83 Å². The first-order chi connectivity index (χ1) is 7.43. The first kappa shape index (κ1) is 12.7. The molecule has 1 unspecified atom stereocenters. The Balaban J connectivity index is 2.89. The summed E-state index contributed by atoms with van der Waals surface area (Å²) in [4.78, 5) is 21.4. The number of nitrogens with two attached hydrogens (primary N) is 1. The highest BCUT2D eigenvalue weighted by Gasteiger charge is 2.21. The van der Waals surface area contributed by atoms with E-state index in [9.17, 15) is 9.59 Å². The summed E-state index contributed by atoms with van der Waals surface area (Å²) in [6, 6.07) is 5.67. The summed E-state index contributed by atoms with van der Waals surface area (Å²) < 4.78 is 0. The van der Waals surface area contributed by atoms with E-state index in [1.165, 1.54) is 0 Å². The minimum Gasteiger partial charge on any atom is -0.368 e. The number of carbonyl (C=O) groups excluding carboxylic acids is 2. The third-order valence-electron chi connectivity index (χ3n) is 2.21. The van der Waals surface area contributed by atoms with Crippen LogP contribution in [0.3, 0.4) is 0 Å². The van der Waals surface area contributed by atoms with E-state index in [0.29, 0.717) is 0 Å². The largest absolute Gasteiger partial charge is 0.368 e. The smallest absolute Gasteiger partial charge is 0.247 e. The van der Waals surface area contributed by atoms with Gasteiger partial charge in [0.25, 0.3) is 0 Å². The van der Waals surface area contributed by atoms with E-state index in [4.69, 9.17) is 5.73 Å². The van der Waals surface area contributed by atoms with E-state index < -0.39 is 16.6 Å². The quantitative estimate of drug-likeness (QED) is 0.652. The van der Waals surface area contributed by atoms with Crippen molar-refractivity contribution in [1.82, 2.24) is 0 Å². The second-order valence-corrected chi connectivity index (χ2v) is 4.44. The van der Waals surface area contributed by atoms with E-state index in [0.717, 1.165) is 16.8 Å². The minimum atomic E-state index is -1.01. The lowest BCUT2D eigenvalue weighted by atomic mass is 10.1. The highest BCUT2D eigenvalue weighted by atomic mass is 79.9. The van der Waals surface area contributed by atoms with Gasteiger partial charge in [-0.3, -0.25) is 9.59 Å². The van der Waals surface area contributed by atoms with Gasteiger partial charge < -0.3 is 11.1 Å². The number of halogens is 1. The second-order valence-electron chi connectivity index (χ2n) is 3.52. The van der Waals surface area contributed by atoms with Crippen molar-refractivity contribution >= 4 is 33.4 Å². The Hall–Kier alpha value is -1.36.